The van der Waals surface area contributed by atoms with E-state index in [0.29, 0.717) is 50.3 Å². The van der Waals surface area contributed by atoms with Crippen LogP contribution in [0.2, 0.25) is 5.02 Å². The van der Waals surface area contributed by atoms with Gasteiger partial charge in [-0.1, -0.05) is 48.0 Å². The number of hydrazone groups is 1. The van der Waals surface area contributed by atoms with Crippen molar-refractivity contribution in [2.24, 2.45) is 5.10 Å². The third kappa shape index (κ3) is 6.11. The monoisotopic (exact) mass is 468 g/mol. The Morgan fingerprint density at radius 3 is 2.64 bits per heavy atom. The Kier molecular flexibility index (Phi) is 7.22. The van der Waals surface area contributed by atoms with Crippen molar-refractivity contribution in [1.29, 1.82) is 0 Å². The summed E-state index contributed by atoms with van der Waals surface area (Å²) >= 11 is 5.85. The molecular weight excluding hydrogens is 448 g/mol. The first-order chi connectivity index (χ1) is 16.1. The second kappa shape index (κ2) is 10.7. The number of aromatic nitrogens is 3. The summed E-state index contributed by atoms with van der Waals surface area (Å²) < 4.78 is 5.41. The second-order valence-corrected chi connectivity index (χ2v) is 7.47. The molecule has 0 amide bonds. The minimum absolute atomic E-state index is 0.0619. The SMILES string of the molecule is O=[N+]([O-])c1cc(/C=N\Nc2nc(NCc3ccccc3)nc(N3CCOCC3)n2)ccc1Cl. The molecule has 0 radical (unpaired) electrons. The first-order valence-electron chi connectivity index (χ1n) is 10.2. The molecule has 1 aliphatic rings. The summed E-state index contributed by atoms with van der Waals surface area (Å²) in [5.41, 5.74) is 4.18. The van der Waals surface area contributed by atoms with Crippen LogP contribution in [0.5, 0.6) is 0 Å². The Balaban J connectivity index is 1.52. The number of morpholine rings is 1. The molecule has 1 aromatic heterocycles. The molecule has 0 atom stereocenters. The molecule has 0 bridgehead atoms. The minimum atomic E-state index is -0.543. The van der Waals surface area contributed by atoms with E-state index in [1.165, 1.54) is 18.3 Å². The largest absolute Gasteiger partial charge is 0.378 e. The van der Waals surface area contributed by atoms with Crippen LogP contribution >= 0.6 is 11.6 Å². The first-order valence-corrected chi connectivity index (χ1v) is 10.6. The fourth-order valence-electron chi connectivity index (χ4n) is 3.09. The van der Waals surface area contributed by atoms with Crippen molar-refractivity contribution in [2.75, 3.05) is 41.9 Å². The van der Waals surface area contributed by atoms with Crippen LogP contribution < -0.4 is 15.6 Å². The summed E-state index contributed by atoms with van der Waals surface area (Å²) in [6.45, 7) is 3.06. The van der Waals surface area contributed by atoms with Crippen LogP contribution in [0.25, 0.3) is 0 Å². The van der Waals surface area contributed by atoms with Crippen LogP contribution in [0, 0.1) is 10.1 Å². The predicted octanol–water partition coefficient (Wildman–Crippen LogP) is 3.33. The fraction of sp³-hybridized carbons (Fsp3) is 0.238. The molecule has 1 fully saturated rings. The van der Waals surface area contributed by atoms with Crippen LogP contribution in [0.4, 0.5) is 23.5 Å². The maximum atomic E-state index is 11.1. The molecule has 4 rings (SSSR count). The van der Waals surface area contributed by atoms with Crippen molar-refractivity contribution in [3.05, 3.63) is 74.8 Å². The zero-order chi connectivity index (χ0) is 23.0. The first kappa shape index (κ1) is 22.4. The summed E-state index contributed by atoms with van der Waals surface area (Å²) in [5.74, 6) is 1.14. The Labute approximate surface area is 194 Å². The number of anilines is 3. The fourth-order valence-corrected chi connectivity index (χ4v) is 3.28. The van der Waals surface area contributed by atoms with E-state index in [9.17, 15) is 10.1 Å². The van der Waals surface area contributed by atoms with E-state index in [1.54, 1.807) is 6.07 Å². The van der Waals surface area contributed by atoms with Gasteiger partial charge in [0.25, 0.3) is 5.69 Å². The Bertz CT molecular complexity index is 1140. The molecule has 0 unspecified atom stereocenters. The molecule has 33 heavy (non-hydrogen) atoms. The van der Waals surface area contributed by atoms with Gasteiger partial charge in [-0.15, -0.1) is 0 Å². The van der Waals surface area contributed by atoms with Crippen molar-refractivity contribution in [3.8, 4) is 0 Å². The van der Waals surface area contributed by atoms with Gasteiger partial charge in [0.2, 0.25) is 17.8 Å². The summed E-state index contributed by atoms with van der Waals surface area (Å²) in [6, 6.07) is 14.3. The third-order valence-corrected chi connectivity index (χ3v) is 5.08. The van der Waals surface area contributed by atoms with Crippen LogP contribution in [0.3, 0.4) is 0 Å². The molecule has 12 heteroatoms. The van der Waals surface area contributed by atoms with Gasteiger partial charge in [-0.25, -0.2) is 5.43 Å². The standard InChI is InChI=1S/C21H21ClN8O3/c22-17-7-6-16(12-18(17)30(31)32)14-24-28-20-25-19(23-13-15-4-2-1-3-5-15)26-21(27-20)29-8-10-33-11-9-29/h1-7,12,14H,8-11,13H2,(H2,23,25,26,27,28)/b24-14-. The number of nitro groups is 1. The third-order valence-electron chi connectivity index (χ3n) is 4.76. The lowest BCUT2D eigenvalue weighted by molar-refractivity contribution is -0.384. The number of hydrogen-bond acceptors (Lipinski definition) is 10. The van der Waals surface area contributed by atoms with Crippen LogP contribution in [0.15, 0.2) is 53.6 Å². The molecule has 2 N–H and O–H groups in total. The van der Waals surface area contributed by atoms with Gasteiger partial charge in [-0.2, -0.15) is 20.1 Å². The van der Waals surface area contributed by atoms with Crippen LogP contribution in [0.1, 0.15) is 11.1 Å². The highest BCUT2D eigenvalue weighted by Gasteiger charge is 2.17. The van der Waals surface area contributed by atoms with Gasteiger partial charge in [0, 0.05) is 31.3 Å². The highest BCUT2D eigenvalue weighted by atomic mass is 35.5. The molecule has 1 aliphatic heterocycles. The number of nitrogens with one attached hydrogen (secondary N) is 2. The lowest BCUT2D eigenvalue weighted by atomic mass is 10.2. The van der Waals surface area contributed by atoms with E-state index in [1.807, 2.05) is 35.2 Å². The molecule has 2 aromatic carbocycles. The average Bonchev–Trinajstić information content (AvgIpc) is 2.85. The second-order valence-electron chi connectivity index (χ2n) is 7.06. The van der Waals surface area contributed by atoms with E-state index in [4.69, 9.17) is 16.3 Å². The quantitative estimate of drug-likeness (QED) is 0.290. The minimum Gasteiger partial charge on any atom is -0.378 e. The highest BCUT2D eigenvalue weighted by Crippen LogP contribution is 2.24. The van der Waals surface area contributed by atoms with E-state index in [0.717, 1.165) is 5.56 Å². The van der Waals surface area contributed by atoms with Gasteiger partial charge in [0.05, 0.1) is 24.4 Å². The number of hydrogen-bond donors (Lipinski definition) is 2. The summed E-state index contributed by atoms with van der Waals surface area (Å²) in [4.78, 5) is 25.9. The van der Waals surface area contributed by atoms with Gasteiger partial charge in [0.1, 0.15) is 5.02 Å². The van der Waals surface area contributed by atoms with E-state index in [2.05, 4.69) is 30.8 Å². The maximum absolute atomic E-state index is 11.1. The normalized spacial score (nSPS) is 13.8. The number of benzene rings is 2. The Morgan fingerprint density at radius 1 is 1.12 bits per heavy atom. The number of rotatable bonds is 8. The average molecular weight is 469 g/mol. The van der Waals surface area contributed by atoms with E-state index < -0.39 is 4.92 Å². The van der Waals surface area contributed by atoms with Gasteiger partial charge in [0.15, 0.2) is 0 Å². The van der Waals surface area contributed by atoms with Crippen molar-refractivity contribution in [3.63, 3.8) is 0 Å². The number of ether oxygens (including phenoxy) is 1. The van der Waals surface area contributed by atoms with Crippen molar-refractivity contribution < 1.29 is 9.66 Å². The van der Waals surface area contributed by atoms with Gasteiger partial charge >= 0.3 is 0 Å². The summed E-state index contributed by atoms with van der Waals surface area (Å²) in [7, 11) is 0. The number of nitrogens with zero attached hydrogens (tertiary/aromatic N) is 6. The Morgan fingerprint density at radius 2 is 1.88 bits per heavy atom. The molecule has 170 valence electrons. The predicted molar refractivity (Wildman–Crippen MR) is 126 cm³/mol. The smallest absolute Gasteiger partial charge is 0.288 e. The number of nitro benzene ring substituents is 1. The van der Waals surface area contributed by atoms with Crippen molar-refractivity contribution in [1.82, 2.24) is 15.0 Å². The van der Waals surface area contributed by atoms with Crippen LogP contribution in [-0.2, 0) is 11.3 Å². The molecule has 2 heterocycles. The van der Waals surface area contributed by atoms with E-state index in [-0.39, 0.29) is 16.7 Å². The lowest BCUT2D eigenvalue weighted by Gasteiger charge is -2.27. The van der Waals surface area contributed by atoms with Crippen LogP contribution in [-0.4, -0.2) is 52.4 Å². The molecular formula is C21H21ClN8O3. The maximum Gasteiger partial charge on any atom is 0.288 e. The summed E-state index contributed by atoms with van der Waals surface area (Å²) in [5, 5.41) is 18.5. The van der Waals surface area contributed by atoms with Gasteiger partial charge in [-0.05, 0) is 11.6 Å². The van der Waals surface area contributed by atoms with E-state index >= 15 is 0 Å². The highest BCUT2D eigenvalue weighted by molar-refractivity contribution is 6.32. The van der Waals surface area contributed by atoms with Crippen molar-refractivity contribution >= 4 is 41.3 Å². The molecule has 1 saturated heterocycles. The Hall–Kier alpha value is -3.83. The molecule has 3 aromatic rings. The summed E-state index contributed by atoms with van der Waals surface area (Å²) in [6.07, 6.45) is 1.43. The molecule has 0 aliphatic carbocycles. The number of halogens is 1. The zero-order valence-corrected chi connectivity index (χ0v) is 18.3. The lowest BCUT2D eigenvalue weighted by Crippen LogP contribution is -2.37. The molecule has 11 nitrogen and oxygen atoms in total. The molecule has 0 saturated carbocycles. The van der Waals surface area contributed by atoms with Crippen molar-refractivity contribution in [2.45, 2.75) is 6.54 Å². The van der Waals surface area contributed by atoms with Gasteiger partial charge in [-0.3, -0.25) is 10.1 Å². The topological polar surface area (TPSA) is 131 Å². The molecule has 0 spiro atoms. The van der Waals surface area contributed by atoms with Gasteiger partial charge < -0.3 is 15.0 Å². The zero-order valence-electron chi connectivity index (χ0n) is 17.5.